The van der Waals surface area contributed by atoms with Crippen LogP contribution < -0.4 is 15.5 Å². The van der Waals surface area contributed by atoms with Crippen LogP contribution in [0.15, 0.2) is 18.3 Å². The van der Waals surface area contributed by atoms with E-state index in [0.29, 0.717) is 31.0 Å². The molecule has 0 radical (unpaired) electrons. The highest BCUT2D eigenvalue weighted by atomic mass is 35.5. The Labute approximate surface area is 182 Å². The van der Waals surface area contributed by atoms with E-state index in [4.69, 9.17) is 11.6 Å². The molecule has 1 atom stereocenters. The predicted molar refractivity (Wildman–Crippen MR) is 110 cm³/mol. The minimum absolute atomic E-state index is 0.000976. The van der Waals surface area contributed by atoms with Crippen molar-refractivity contribution in [2.24, 2.45) is 5.92 Å². The number of hydrogen-bond acceptors (Lipinski definition) is 6. The lowest BCUT2D eigenvalue weighted by molar-refractivity contribution is -0.117. The second kappa shape index (κ2) is 8.70. The van der Waals surface area contributed by atoms with Crippen LogP contribution in [0.3, 0.4) is 0 Å². The summed E-state index contributed by atoms with van der Waals surface area (Å²) in [7, 11) is 0. The number of hydrogen-bond donors (Lipinski definition) is 2. The van der Waals surface area contributed by atoms with E-state index in [1.54, 1.807) is 13.0 Å². The first-order valence-corrected chi connectivity index (χ1v) is 10.3. The minimum Gasteiger partial charge on any atom is -0.353 e. The van der Waals surface area contributed by atoms with Crippen LogP contribution in [-0.4, -0.2) is 45.9 Å². The highest BCUT2D eigenvalue weighted by Crippen LogP contribution is 2.31. The SMILES string of the molecule is Cc1cc(C(=O)N[C@@H]2CCN(c3ncc(C(F)F)cc3Cl)C2)nc(NC(=O)C2CC2)n1. The Hall–Kier alpha value is -2.88. The maximum Gasteiger partial charge on any atom is 0.270 e. The number of aryl methyl sites for hydroxylation is 1. The van der Waals surface area contributed by atoms with Gasteiger partial charge in [0.15, 0.2) is 0 Å². The van der Waals surface area contributed by atoms with E-state index in [-0.39, 0.29) is 46.0 Å². The van der Waals surface area contributed by atoms with Gasteiger partial charge in [0.05, 0.1) is 5.02 Å². The van der Waals surface area contributed by atoms with Gasteiger partial charge in [-0.2, -0.15) is 0 Å². The van der Waals surface area contributed by atoms with Crippen LogP contribution in [-0.2, 0) is 4.79 Å². The van der Waals surface area contributed by atoms with Gasteiger partial charge in [-0.05, 0) is 38.3 Å². The molecule has 2 aliphatic rings. The molecule has 164 valence electrons. The van der Waals surface area contributed by atoms with Crippen molar-refractivity contribution in [1.82, 2.24) is 20.3 Å². The molecule has 1 saturated carbocycles. The third kappa shape index (κ3) is 5.07. The van der Waals surface area contributed by atoms with E-state index in [9.17, 15) is 18.4 Å². The van der Waals surface area contributed by atoms with Crippen molar-refractivity contribution in [3.8, 4) is 0 Å². The summed E-state index contributed by atoms with van der Waals surface area (Å²) in [6.07, 6.45) is 0.814. The number of nitrogens with one attached hydrogen (secondary N) is 2. The van der Waals surface area contributed by atoms with Gasteiger partial charge in [0.25, 0.3) is 12.3 Å². The molecule has 0 spiro atoms. The largest absolute Gasteiger partial charge is 0.353 e. The number of rotatable bonds is 6. The summed E-state index contributed by atoms with van der Waals surface area (Å²) in [5.74, 6) is 0.00836. The molecule has 0 unspecified atom stereocenters. The molecule has 1 aliphatic heterocycles. The van der Waals surface area contributed by atoms with Crippen LogP contribution in [0.25, 0.3) is 0 Å². The van der Waals surface area contributed by atoms with Gasteiger partial charge in [-0.15, -0.1) is 0 Å². The van der Waals surface area contributed by atoms with Crippen molar-refractivity contribution in [3.05, 3.63) is 40.3 Å². The van der Waals surface area contributed by atoms with Gasteiger partial charge in [-0.25, -0.2) is 23.7 Å². The first-order valence-electron chi connectivity index (χ1n) is 9.96. The number of carbonyl (C=O) groups excluding carboxylic acids is 2. The van der Waals surface area contributed by atoms with Gasteiger partial charge < -0.3 is 10.2 Å². The maximum atomic E-state index is 12.8. The van der Waals surface area contributed by atoms with Gasteiger partial charge in [-0.1, -0.05) is 11.6 Å². The average Bonchev–Trinajstić information content (AvgIpc) is 3.47. The Morgan fingerprint density at radius 3 is 2.68 bits per heavy atom. The Morgan fingerprint density at radius 1 is 1.23 bits per heavy atom. The van der Waals surface area contributed by atoms with E-state index in [0.717, 1.165) is 19.0 Å². The number of anilines is 2. The first-order chi connectivity index (χ1) is 14.8. The van der Waals surface area contributed by atoms with Gasteiger partial charge in [0.1, 0.15) is 11.5 Å². The Kier molecular flexibility index (Phi) is 5.99. The van der Waals surface area contributed by atoms with Crippen LogP contribution in [0.1, 0.15) is 47.4 Å². The van der Waals surface area contributed by atoms with Crippen molar-refractivity contribution < 1.29 is 18.4 Å². The highest BCUT2D eigenvalue weighted by molar-refractivity contribution is 6.33. The molecule has 3 heterocycles. The number of aromatic nitrogens is 3. The van der Waals surface area contributed by atoms with Crippen molar-refractivity contribution >= 4 is 35.2 Å². The molecule has 31 heavy (non-hydrogen) atoms. The molecule has 0 aromatic carbocycles. The van der Waals surface area contributed by atoms with Gasteiger partial charge in [0.2, 0.25) is 11.9 Å². The molecule has 2 aromatic heterocycles. The van der Waals surface area contributed by atoms with Gasteiger partial charge in [0, 0.05) is 42.5 Å². The molecule has 4 rings (SSSR count). The van der Waals surface area contributed by atoms with Crippen molar-refractivity contribution in [3.63, 3.8) is 0 Å². The van der Waals surface area contributed by atoms with Gasteiger partial charge >= 0.3 is 0 Å². The number of alkyl halides is 2. The molecule has 2 aromatic rings. The maximum absolute atomic E-state index is 12.8. The summed E-state index contributed by atoms with van der Waals surface area (Å²) < 4.78 is 25.6. The second-order valence-electron chi connectivity index (χ2n) is 7.76. The topological polar surface area (TPSA) is 100 Å². The van der Waals surface area contributed by atoms with Crippen LogP contribution in [0.4, 0.5) is 20.5 Å². The second-order valence-corrected chi connectivity index (χ2v) is 8.17. The summed E-state index contributed by atoms with van der Waals surface area (Å²) in [5, 5.41) is 5.71. The summed E-state index contributed by atoms with van der Waals surface area (Å²) in [6, 6.07) is 2.57. The van der Waals surface area contributed by atoms with Crippen molar-refractivity contribution in [2.75, 3.05) is 23.3 Å². The lowest BCUT2D eigenvalue weighted by atomic mass is 10.2. The third-order valence-corrected chi connectivity index (χ3v) is 5.47. The van der Waals surface area contributed by atoms with E-state index in [1.165, 1.54) is 6.07 Å². The number of pyridine rings is 1. The molecule has 1 aliphatic carbocycles. The lowest BCUT2D eigenvalue weighted by Gasteiger charge is -2.19. The molecule has 8 nitrogen and oxygen atoms in total. The minimum atomic E-state index is -2.64. The lowest BCUT2D eigenvalue weighted by Crippen LogP contribution is -2.37. The average molecular weight is 451 g/mol. The molecule has 2 N–H and O–H groups in total. The molecule has 0 bridgehead atoms. The Balaban J connectivity index is 1.39. The van der Waals surface area contributed by atoms with E-state index in [1.807, 2.05) is 4.90 Å². The van der Waals surface area contributed by atoms with Crippen LogP contribution in [0, 0.1) is 12.8 Å². The third-order valence-electron chi connectivity index (χ3n) is 5.19. The van der Waals surface area contributed by atoms with E-state index < -0.39 is 6.43 Å². The predicted octanol–water partition coefficient (Wildman–Crippen LogP) is 3.13. The van der Waals surface area contributed by atoms with Crippen LogP contribution in [0.5, 0.6) is 0 Å². The number of nitrogens with zero attached hydrogens (tertiary/aromatic N) is 4. The van der Waals surface area contributed by atoms with Crippen LogP contribution in [0.2, 0.25) is 5.02 Å². The Morgan fingerprint density at radius 2 is 2.00 bits per heavy atom. The standard InChI is InChI=1S/C20H21ClF2N6O2/c1-10-6-15(27-20(25-10)28-18(30)11-2-3-11)19(31)26-13-4-5-29(9-13)17-14(21)7-12(8-24-17)16(22)23/h6-8,11,13,16H,2-5,9H2,1H3,(H,26,31)(H,25,27,28,30)/t13-/m1/s1. The summed E-state index contributed by atoms with van der Waals surface area (Å²) in [5.41, 5.74) is 0.491. The highest BCUT2D eigenvalue weighted by Gasteiger charge is 2.31. The molecule has 2 amide bonds. The quantitative estimate of drug-likeness (QED) is 0.701. The normalized spacial score (nSPS) is 18.4. The zero-order valence-corrected chi connectivity index (χ0v) is 17.5. The Bertz CT molecular complexity index is 1020. The molecule has 11 heteroatoms. The fraction of sp³-hybridized carbons (Fsp3) is 0.450. The van der Waals surface area contributed by atoms with E-state index in [2.05, 4.69) is 25.6 Å². The molecular formula is C20H21ClF2N6O2. The zero-order chi connectivity index (χ0) is 22.1. The first kappa shape index (κ1) is 21.4. The van der Waals surface area contributed by atoms with E-state index >= 15 is 0 Å². The van der Waals surface area contributed by atoms with Gasteiger partial charge in [-0.3, -0.25) is 14.9 Å². The summed E-state index contributed by atoms with van der Waals surface area (Å²) in [6.45, 7) is 2.72. The number of carbonyl (C=O) groups is 2. The number of halogens is 3. The molecule has 1 saturated heterocycles. The smallest absolute Gasteiger partial charge is 0.270 e. The van der Waals surface area contributed by atoms with Crippen molar-refractivity contribution in [1.29, 1.82) is 0 Å². The molecular weight excluding hydrogens is 430 g/mol. The van der Waals surface area contributed by atoms with Crippen LogP contribution >= 0.6 is 11.6 Å². The molecule has 2 fully saturated rings. The zero-order valence-electron chi connectivity index (χ0n) is 16.7. The number of amides is 2. The van der Waals surface area contributed by atoms with Crippen molar-refractivity contribution in [2.45, 2.75) is 38.7 Å². The monoisotopic (exact) mass is 450 g/mol. The summed E-state index contributed by atoms with van der Waals surface area (Å²) >= 11 is 6.13. The fourth-order valence-electron chi connectivity index (χ4n) is 3.43. The summed E-state index contributed by atoms with van der Waals surface area (Å²) in [4.78, 5) is 38.9. The fourth-order valence-corrected chi connectivity index (χ4v) is 3.72.